The van der Waals surface area contributed by atoms with E-state index in [1.807, 2.05) is 12.1 Å². The van der Waals surface area contributed by atoms with Gasteiger partial charge in [-0.25, -0.2) is 0 Å². The molecule has 0 amide bonds. The second-order valence-corrected chi connectivity index (χ2v) is 4.23. The van der Waals surface area contributed by atoms with Crippen LogP contribution in [0.3, 0.4) is 0 Å². The molecule has 0 aliphatic rings. The molecule has 5 heteroatoms. The van der Waals surface area contributed by atoms with Gasteiger partial charge in [0.2, 0.25) is 11.7 Å². The lowest BCUT2D eigenvalue weighted by atomic mass is 10.1. The van der Waals surface area contributed by atoms with Crippen molar-refractivity contribution in [3.8, 4) is 11.4 Å². The lowest BCUT2D eigenvalue weighted by Crippen LogP contribution is -2.18. The Morgan fingerprint density at radius 1 is 1.26 bits per heavy atom. The number of nitrogens with zero attached hydrogens (tertiary/aromatic N) is 2. The molecule has 1 aromatic heterocycles. The summed E-state index contributed by atoms with van der Waals surface area (Å²) in [6, 6.07) is 8.21. The van der Waals surface area contributed by atoms with E-state index in [4.69, 9.17) is 9.26 Å². The monoisotopic (exact) mass is 261 g/mol. The molecule has 0 fully saturated rings. The summed E-state index contributed by atoms with van der Waals surface area (Å²) in [5.41, 5.74) is 2.28. The van der Waals surface area contributed by atoms with Crippen molar-refractivity contribution in [2.24, 2.45) is 0 Å². The normalized spacial score (nSPS) is 10.8. The van der Waals surface area contributed by atoms with Gasteiger partial charge in [0.15, 0.2) is 0 Å². The molecule has 0 bridgehead atoms. The number of benzene rings is 1. The number of ether oxygens (including phenoxy) is 1. The van der Waals surface area contributed by atoms with Gasteiger partial charge in [-0.1, -0.05) is 36.3 Å². The number of methoxy groups -OCH3 is 1. The lowest BCUT2D eigenvalue weighted by Gasteiger charge is -1.99. The zero-order valence-corrected chi connectivity index (χ0v) is 11.3. The first-order valence-electron chi connectivity index (χ1n) is 6.45. The standard InChI is InChI=1S/C14H19N3O2/c1-3-11-4-6-12(7-5-11)14-16-13(19-17-14)10-15-8-9-18-2/h4-7,15H,3,8-10H2,1-2H3. The minimum absolute atomic E-state index is 0.559. The maximum absolute atomic E-state index is 5.19. The molecule has 0 saturated heterocycles. The smallest absolute Gasteiger partial charge is 0.240 e. The van der Waals surface area contributed by atoms with Gasteiger partial charge in [0.05, 0.1) is 13.2 Å². The topological polar surface area (TPSA) is 60.2 Å². The maximum atomic E-state index is 5.19. The molecule has 1 aromatic carbocycles. The molecular weight excluding hydrogens is 242 g/mol. The summed E-state index contributed by atoms with van der Waals surface area (Å²) in [5.74, 6) is 1.22. The van der Waals surface area contributed by atoms with Crippen LogP contribution in [0.4, 0.5) is 0 Å². The Morgan fingerprint density at radius 2 is 2.05 bits per heavy atom. The van der Waals surface area contributed by atoms with E-state index in [9.17, 15) is 0 Å². The number of rotatable bonds is 7. The van der Waals surface area contributed by atoms with Crippen LogP contribution in [0.1, 0.15) is 18.4 Å². The Kier molecular flexibility index (Phi) is 5.06. The average Bonchev–Trinajstić information content (AvgIpc) is 2.92. The number of hydrogen-bond donors (Lipinski definition) is 1. The predicted molar refractivity (Wildman–Crippen MR) is 72.7 cm³/mol. The molecule has 19 heavy (non-hydrogen) atoms. The fourth-order valence-electron chi connectivity index (χ4n) is 1.70. The van der Waals surface area contributed by atoms with Crippen molar-refractivity contribution in [2.45, 2.75) is 19.9 Å². The zero-order valence-electron chi connectivity index (χ0n) is 11.3. The number of nitrogens with one attached hydrogen (secondary N) is 1. The third-order valence-electron chi connectivity index (χ3n) is 2.85. The van der Waals surface area contributed by atoms with Gasteiger partial charge in [0.25, 0.3) is 0 Å². The second kappa shape index (κ2) is 7.01. The molecule has 1 N–H and O–H groups in total. The molecule has 0 saturated carbocycles. The lowest BCUT2D eigenvalue weighted by molar-refractivity contribution is 0.197. The first kappa shape index (κ1) is 13.7. The Morgan fingerprint density at radius 3 is 2.74 bits per heavy atom. The molecule has 0 atom stereocenters. The van der Waals surface area contributed by atoms with Crippen molar-refractivity contribution in [2.75, 3.05) is 20.3 Å². The van der Waals surface area contributed by atoms with Gasteiger partial charge in [-0.15, -0.1) is 0 Å². The first-order valence-corrected chi connectivity index (χ1v) is 6.45. The van der Waals surface area contributed by atoms with E-state index in [-0.39, 0.29) is 0 Å². The third kappa shape index (κ3) is 3.87. The highest BCUT2D eigenvalue weighted by atomic mass is 16.5. The quantitative estimate of drug-likeness (QED) is 0.773. The van der Waals surface area contributed by atoms with Crippen LogP contribution in [0.5, 0.6) is 0 Å². The molecule has 2 rings (SSSR count). The minimum atomic E-state index is 0.559. The van der Waals surface area contributed by atoms with Crippen molar-refractivity contribution in [1.82, 2.24) is 15.5 Å². The number of hydrogen-bond acceptors (Lipinski definition) is 5. The van der Waals surface area contributed by atoms with Gasteiger partial charge in [-0.2, -0.15) is 4.98 Å². The number of aromatic nitrogens is 2. The zero-order chi connectivity index (χ0) is 13.5. The molecule has 0 spiro atoms. The fourth-order valence-corrected chi connectivity index (χ4v) is 1.70. The van der Waals surface area contributed by atoms with Gasteiger partial charge in [-0.05, 0) is 12.0 Å². The summed E-state index contributed by atoms with van der Waals surface area (Å²) in [4.78, 5) is 4.35. The first-order chi connectivity index (χ1) is 9.33. The van der Waals surface area contributed by atoms with E-state index in [2.05, 4.69) is 34.5 Å². The van der Waals surface area contributed by atoms with Gasteiger partial charge in [0, 0.05) is 19.2 Å². The van der Waals surface area contributed by atoms with Gasteiger partial charge < -0.3 is 14.6 Å². The van der Waals surface area contributed by atoms with Crippen LogP contribution in [0, 0.1) is 0 Å². The van der Waals surface area contributed by atoms with Gasteiger partial charge in [-0.3, -0.25) is 0 Å². The molecule has 102 valence electrons. The van der Waals surface area contributed by atoms with Crippen LogP contribution in [-0.2, 0) is 17.7 Å². The highest BCUT2D eigenvalue weighted by Crippen LogP contribution is 2.16. The van der Waals surface area contributed by atoms with Crippen molar-refractivity contribution in [3.05, 3.63) is 35.7 Å². The molecule has 5 nitrogen and oxygen atoms in total. The molecule has 2 aromatic rings. The van der Waals surface area contributed by atoms with Gasteiger partial charge >= 0.3 is 0 Å². The highest BCUT2D eigenvalue weighted by molar-refractivity contribution is 5.54. The molecule has 0 aliphatic heterocycles. The maximum Gasteiger partial charge on any atom is 0.240 e. The van der Waals surface area contributed by atoms with Crippen LogP contribution in [0.15, 0.2) is 28.8 Å². The molecule has 0 radical (unpaired) electrons. The van der Waals surface area contributed by atoms with Crippen LogP contribution in [0.2, 0.25) is 0 Å². The predicted octanol–water partition coefficient (Wildman–Crippen LogP) is 2.03. The van der Waals surface area contributed by atoms with E-state index in [0.29, 0.717) is 24.9 Å². The Balaban J connectivity index is 1.95. The van der Waals surface area contributed by atoms with Crippen LogP contribution < -0.4 is 5.32 Å². The highest BCUT2D eigenvalue weighted by Gasteiger charge is 2.07. The summed E-state index contributed by atoms with van der Waals surface area (Å²) in [6.45, 7) is 4.12. The molecule has 0 aliphatic carbocycles. The van der Waals surface area contributed by atoms with Crippen LogP contribution in [-0.4, -0.2) is 30.4 Å². The summed E-state index contributed by atoms with van der Waals surface area (Å²) in [6.07, 6.45) is 1.03. The van der Waals surface area contributed by atoms with Gasteiger partial charge in [0.1, 0.15) is 0 Å². The summed E-state index contributed by atoms with van der Waals surface area (Å²) < 4.78 is 10.1. The SMILES string of the molecule is CCc1ccc(-c2noc(CNCCOC)n2)cc1. The van der Waals surface area contributed by atoms with Crippen molar-refractivity contribution >= 4 is 0 Å². The molecule has 0 unspecified atom stereocenters. The van der Waals surface area contributed by atoms with Crippen molar-refractivity contribution < 1.29 is 9.26 Å². The third-order valence-corrected chi connectivity index (χ3v) is 2.85. The van der Waals surface area contributed by atoms with Crippen molar-refractivity contribution in [3.63, 3.8) is 0 Å². The van der Waals surface area contributed by atoms with E-state index in [1.165, 1.54) is 5.56 Å². The summed E-state index contributed by atoms with van der Waals surface area (Å²) in [5, 5.41) is 7.15. The van der Waals surface area contributed by atoms with Crippen LogP contribution in [0.25, 0.3) is 11.4 Å². The Bertz CT molecular complexity index is 494. The van der Waals surface area contributed by atoms with Crippen molar-refractivity contribution in [1.29, 1.82) is 0 Å². The van der Waals surface area contributed by atoms with Crippen LogP contribution >= 0.6 is 0 Å². The molecular formula is C14H19N3O2. The average molecular weight is 261 g/mol. The van der Waals surface area contributed by atoms with E-state index >= 15 is 0 Å². The fraction of sp³-hybridized carbons (Fsp3) is 0.429. The largest absolute Gasteiger partial charge is 0.383 e. The van der Waals surface area contributed by atoms with E-state index in [1.54, 1.807) is 7.11 Å². The van der Waals surface area contributed by atoms with E-state index < -0.39 is 0 Å². The van der Waals surface area contributed by atoms with E-state index in [0.717, 1.165) is 18.5 Å². The summed E-state index contributed by atoms with van der Waals surface area (Å²) in [7, 11) is 1.67. The second-order valence-electron chi connectivity index (χ2n) is 4.23. The Labute approximate surface area is 113 Å². The summed E-state index contributed by atoms with van der Waals surface area (Å²) >= 11 is 0. The Hall–Kier alpha value is -1.72. The number of aryl methyl sites for hydroxylation is 1. The minimum Gasteiger partial charge on any atom is -0.383 e. The molecule has 1 heterocycles.